The Morgan fingerprint density at radius 3 is 2.78 bits per heavy atom. The molecule has 1 saturated heterocycles. The van der Waals surface area contributed by atoms with Gasteiger partial charge >= 0.3 is 12.1 Å². The molecule has 0 bridgehead atoms. The number of nitrogens with one attached hydrogen (secondary N) is 2. The lowest BCUT2D eigenvalue weighted by Gasteiger charge is -2.36. The predicted molar refractivity (Wildman–Crippen MR) is 111 cm³/mol. The van der Waals surface area contributed by atoms with Crippen molar-refractivity contribution in [3.63, 3.8) is 0 Å². The summed E-state index contributed by atoms with van der Waals surface area (Å²) in [5, 5.41) is 5.95. The maximum Gasteiger partial charge on any atom is 0.491 e. The number of anilines is 2. The molecule has 13 heteroatoms. The normalized spacial score (nSPS) is 16.6. The van der Waals surface area contributed by atoms with E-state index >= 15 is 0 Å². The highest BCUT2D eigenvalue weighted by atomic mass is 19.4. The molecular weight excluding hydrogens is 431 g/mol. The zero-order valence-corrected chi connectivity index (χ0v) is 17.9. The van der Waals surface area contributed by atoms with Crippen LogP contribution in [0.2, 0.25) is 0 Å². The van der Waals surface area contributed by atoms with Crippen LogP contribution >= 0.6 is 0 Å². The fourth-order valence-electron chi connectivity index (χ4n) is 3.27. The van der Waals surface area contributed by atoms with Crippen molar-refractivity contribution in [2.24, 2.45) is 7.05 Å². The fourth-order valence-corrected chi connectivity index (χ4v) is 3.27. The lowest BCUT2D eigenvalue weighted by molar-refractivity contribution is -0.205. The van der Waals surface area contributed by atoms with Gasteiger partial charge in [0.25, 0.3) is 5.56 Å². The molecule has 0 saturated carbocycles. The van der Waals surface area contributed by atoms with Gasteiger partial charge in [0, 0.05) is 26.7 Å². The molecule has 0 radical (unpaired) electrons. The highest BCUT2D eigenvalue weighted by Crippen LogP contribution is 2.25. The molecule has 0 spiro atoms. The van der Waals surface area contributed by atoms with Gasteiger partial charge in [-0.2, -0.15) is 23.1 Å². The number of carbonyl (C=O) groups is 1. The van der Waals surface area contributed by atoms with Crippen LogP contribution in [0.15, 0.2) is 4.79 Å². The molecule has 1 fully saturated rings. The second kappa shape index (κ2) is 9.47. The molecular formula is C19H24F3N7O3. The maximum absolute atomic E-state index is 13.1. The molecule has 2 aromatic heterocycles. The van der Waals surface area contributed by atoms with E-state index in [1.807, 2.05) is 6.92 Å². The van der Waals surface area contributed by atoms with Crippen molar-refractivity contribution in [1.29, 1.82) is 0 Å². The summed E-state index contributed by atoms with van der Waals surface area (Å²) in [5.41, 5.74) is -0.102. The molecule has 3 rings (SSSR count). The first kappa shape index (κ1) is 23.4. The number of fused-ring (bicyclic) bond motifs is 1. The molecule has 2 aromatic rings. The molecule has 0 aromatic carbocycles. The quantitative estimate of drug-likeness (QED) is 0.487. The Bertz CT molecular complexity index is 1110. The van der Waals surface area contributed by atoms with Crippen molar-refractivity contribution in [2.75, 3.05) is 36.4 Å². The first-order valence-corrected chi connectivity index (χ1v) is 10.0. The van der Waals surface area contributed by atoms with Crippen LogP contribution in [0.25, 0.3) is 11.2 Å². The number of carbonyl (C=O) groups excluding carboxylic acids is 1. The molecule has 3 heterocycles. The number of ether oxygens (including phenoxy) is 1. The molecule has 1 unspecified atom stereocenters. The van der Waals surface area contributed by atoms with Crippen LogP contribution in [0.4, 0.5) is 25.1 Å². The second-order valence-electron chi connectivity index (χ2n) is 7.08. The molecule has 0 amide bonds. The van der Waals surface area contributed by atoms with Crippen molar-refractivity contribution in [2.45, 2.75) is 39.2 Å². The Morgan fingerprint density at radius 2 is 2.12 bits per heavy atom. The first-order valence-electron chi connectivity index (χ1n) is 10.0. The zero-order valence-electron chi connectivity index (χ0n) is 17.9. The van der Waals surface area contributed by atoms with Gasteiger partial charge in [-0.25, -0.2) is 4.79 Å². The summed E-state index contributed by atoms with van der Waals surface area (Å²) in [4.78, 5) is 34.8. The van der Waals surface area contributed by atoms with E-state index in [9.17, 15) is 22.8 Å². The monoisotopic (exact) mass is 455 g/mol. The van der Waals surface area contributed by atoms with Crippen molar-refractivity contribution in [1.82, 2.24) is 24.4 Å². The van der Waals surface area contributed by atoms with Gasteiger partial charge in [0.2, 0.25) is 11.9 Å². The Labute approximate surface area is 181 Å². The van der Waals surface area contributed by atoms with Crippen LogP contribution in [-0.4, -0.2) is 63.7 Å². The number of halogens is 3. The first-order chi connectivity index (χ1) is 15.2. The molecule has 32 heavy (non-hydrogen) atoms. The number of hydrogen-bond acceptors (Lipinski definition) is 8. The second-order valence-corrected chi connectivity index (χ2v) is 7.08. The zero-order chi connectivity index (χ0) is 23.5. The van der Waals surface area contributed by atoms with Gasteiger partial charge in [-0.05, 0) is 13.3 Å². The van der Waals surface area contributed by atoms with E-state index in [2.05, 4.69) is 32.4 Å². The number of alkyl halides is 3. The highest BCUT2D eigenvalue weighted by Gasteiger charge is 2.44. The van der Waals surface area contributed by atoms with Crippen LogP contribution in [0, 0.1) is 11.8 Å². The molecule has 10 nitrogen and oxygen atoms in total. The lowest BCUT2D eigenvalue weighted by atomic mass is 10.3. The fraction of sp³-hybridized carbons (Fsp3) is 0.579. The van der Waals surface area contributed by atoms with Crippen LogP contribution in [0.3, 0.4) is 0 Å². The minimum Gasteiger partial charge on any atom is -0.433 e. The average Bonchev–Trinajstić information content (AvgIpc) is 3.11. The molecule has 1 aliphatic heterocycles. The largest absolute Gasteiger partial charge is 0.491 e. The summed E-state index contributed by atoms with van der Waals surface area (Å²) in [6.45, 7) is 4.81. The van der Waals surface area contributed by atoms with E-state index in [1.54, 1.807) is 14.0 Å². The summed E-state index contributed by atoms with van der Waals surface area (Å²) < 4.78 is 45.9. The van der Waals surface area contributed by atoms with Gasteiger partial charge in [-0.3, -0.25) is 13.9 Å². The summed E-state index contributed by atoms with van der Waals surface area (Å²) in [5.74, 6) is 3.76. The number of nitrogens with zero attached hydrogens (tertiary/aromatic N) is 5. The van der Waals surface area contributed by atoms with Crippen LogP contribution in [-0.2, 0) is 23.1 Å². The molecule has 1 atom stereocenters. The van der Waals surface area contributed by atoms with Gasteiger partial charge in [0.1, 0.15) is 0 Å². The summed E-state index contributed by atoms with van der Waals surface area (Å²) in [7, 11) is 1.56. The van der Waals surface area contributed by atoms with Crippen LogP contribution < -0.4 is 21.1 Å². The van der Waals surface area contributed by atoms with Gasteiger partial charge in [-0.1, -0.05) is 12.8 Å². The molecule has 0 aliphatic carbocycles. The van der Waals surface area contributed by atoms with E-state index in [4.69, 9.17) is 4.74 Å². The third-order valence-electron chi connectivity index (χ3n) is 4.84. The topological polar surface area (TPSA) is 106 Å². The van der Waals surface area contributed by atoms with E-state index in [0.717, 1.165) is 6.42 Å². The van der Waals surface area contributed by atoms with E-state index in [-0.39, 0.29) is 42.3 Å². The number of hydrogen-bond donors (Lipinski definition) is 2. The Hall–Kier alpha value is -3.27. The van der Waals surface area contributed by atoms with Crippen molar-refractivity contribution in [3.8, 4) is 11.8 Å². The van der Waals surface area contributed by atoms with E-state index in [1.165, 1.54) is 14.0 Å². The third-order valence-corrected chi connectivity index (χ3v) is 4.84. The highest BCUT2D eigenvalue weighted by molar-refractivity contribution is 5.77. The third kappa shape index (κ3) is 4.64. The maximum atomic E-state index is 13.1. The molecule has 1 aliphatic rings. The summed E-state index contributed by atoms with van der Waals surface area (Å²) in [6, 6.07) is 0. The van der Waals surface area contributed by atoms with E-state index in [0.29, 0.717) is 19.0 Å². The summed E-state index contributed by atoms with van der Waals surface area (Å²) in [6.07, 6.45) is -5.59. The van der Waals surface area contributed by atoms with Gasteiger partial charge < -0.3 is 20.3 Å². The Balaban J connectivity index is 2.12. The Kier molecular flexibility index (Phi) is 6.93. The smallest absolute Gasteiger partial charge is 0.433 e. The number of aromatic nitrogens is 4. The standard InChI is InChI=1S/C19H24F3N7O3/c1-4-6-9-29-13-14(25-17(24-7-5-2)27(3)15(13)30)26-18(29)28-10-8-23-11-12(28)32-16(31)19(20,21)22/h12,23H,5,7-11H2,1-3H3,(H,24,25). The van der Waals surface area contributed by atoms with Crippen molar-refractivity contribution >= 4 is 29.0 Å². The van der Waals surface area contributed by atoms with Crippen LogP contribution in [0.1, 0.15) is 20.3 Å². The minimum absolute atomic E-state index is 0.0424. The number of imidazole rings is 1. The van der Waals surface area contributed by atoms with E-state index < -0.39 is 18.4 Å². The molecule has 174 valence electrons. The van der Waals surface area contributed by atoms with Crippen molar-refractivity contribution < 1.29 is 22.7 Å². The lowest BCUT2D eigenvalue weighted by Crippen LogP contribution is -2.55. The minimum atomic E-state index is -5.13. The SMILES string of the molecule is CC#CCn1c(N2CCNCC2OC(=O)C(F)(F)F)nc2nc(NCCC)n(C)c(=O)c21. The number of esters is 1. The van der Waals surface area contributed by atoms with Gasteiger partial charge in [-0.15, -0.1) is 5.92 Å². The van der Waals surface area contributed by atoms with Gasteiger partial charge in [0.05, 0.1) is 13.1 Å². The van der Waals surface area contributed by atoms with Crippen LogP contribution in [0.5, 0.6) is 0 Å². The molecule has 2 N–H and O–H groups in total. The Morgan fingerprint density at radius 1 is 1.38 bits per heavy atom. The van der Waals surface area contributed by atoms with Gasteiger partial charge in [0.15, 0.2) is 17.4 Å². The summed E-state index contributed by atoms with van der Waals surface area (Å²) >= 11 is 0. The average molecular weight is 455 g/mol. The number of rotatable bonds is 6. The predicted octanol–water partition coefficient (Wildman–Crippen LogP) is 0.816. The van der Waals surface area contributed by atoms with Crippen molar-refractivity contribution in [3.05, 3.63) is 10.4 Å². The number of piperazine rings is 1.